The van der Waals surface area contributed by atoms with Crippen LogP contribution < -0.4 is 5.32 Å². The maximum Gasteiger partial charge on any atom is 0.254 e. The summed E-state index contributed by atoms with van der Waals surface area (Å²) < 4.78 is 27.7. The van der Waals surface area contributed by atoms with Crippen molar-refractivity contribution < 1.29 is 13.2 Å². The van der Waals surface area contributed by atoms with Gasteiger partial charge in [-0.15, -0.1) is 12.4 Å². The van der Waals surface area contributed by atoms with Crippen LogP contribution in [0, 0.1) is 6.92 Å². The van der Waals surface area contributed by atoms with Crippen molar-refractivity contribution >= 4 is 28.3 Å². The van der Waals surface area contributed by atoms with E-state index in [1.165, 1.54) is 0 Å². The Morgan fingerprint density at radius 1 is 1.15 bits per heavy atom. The topological polar surface area (TPSA) is 69.7 Å². The first-order valence-electron chi connectivity index (χ1n) is 9.04. The number of carbonyl (C=O) groups is 1. The molecule has 1 aromatic carbocycles. The van der Waals surface area contributed by atoms with E-state index in [0.29, 0.717) is 25.2 Å². The second-order valence-corrected chi connectivity index (χ2v) is 8.87. The molecule has 2 heterocycles. The molecule has 1 aromatic rings. The summed E-state index contributed by atoms with van der Waals surface area (Å²) in [5.74, 6) is -0.0808. The number of sulfonamides is 1. The standard InChI is InChI=1S/C18H27N3O3S.ClH/c1-14-6-7-16(25(23,24)21-10-4-3-5-15(21)2)13-17(14)18(22)20-11-8-19-9-12-20;/h6-7,13,15,19H,3-5,8-12H2,1-2H3;1H. The van der Waals surface area contributed by atoms with Crippen LogP contribution in [0.4, 0.5) is 0 Å². The molecule has 1 N–H and O–H groups in total. The van der Waals surface area contributed by atoms with E-state index >= 15 is 0 Å². The number of piperidine rings is 1. The number of nitrogens with zero attached hydrogens (tertiary/aromatic N) is 2. The second-order valence-electron chi connectivity index (χ2n) is 6.98. The largest absolute Gasteiger partial charge is 0.336 e. The van der Waals surface area contributed by atoms with E-state index in [9.17, 15) is 13.2 Å². The lowest BCUT2D eigenvalue weighted by molar-refractivity contribution is 0.0735. The van der Waals surface area contributed by atoms with Gasteiger partial charge in [0.05, 0.1) is 4.90 Å². The summed E-state index contributed by atoms with van der Waals surface area (Å²) in [6.45, 7) is 7.21. The fourth-order valence-corrected chi connectivity index (χ4v) is 5.32. The molecule has 26 heavy (non-hydrogen) atoms. The van der Waals surface area contributed by atoms with Gasteiger partial charge in [-0.3, -0.25) is 4.79 Å². The minimum Gasteiger partial charge on any atom is -0.336 e. The van der Waals surface area contributed by atoms with Crippen LogP contribution in [0.2, 0.25) is 0 Å². The lowest BCUT2D eigenvalue weighted by Crippen LogP contribution is -2.46. The third-order valence-corrected chi connectivity index (χ3v) is 7.20. The number of piperazine rings is 1. The van der Waals surface area contributed by atoms with Crippen molar-refractivity contribution in [1.82, 2.24) is 14.5 Å². The minimum atomic E-state index is -3.56. The Kier molecular flexibility index (Phi) is 7.07. The van der Waals surface area contributed by atoms with Gasteiger partial charge in [-0.25, -0.2) is 8.42 Å². The van der Waals surface area contributed by atoms with Gasteiger partial charge in [-0.1, -0.05) is 12.5 Å². The molecule has 1 amide bonds. The first kappa shape index (κ1) is 21.2. The Balaban J connectivity index is 0.00000243. The first-order chi connectivity index (χ1) is 11.9. The molecule has 8 heteroatoms. The predicted octanol–water partition coefficient (Wildman–Crippen LogP) is 2.03. The fourth-order valence-electron chi connectivity index (χ4n) is 3.59. The summed E-state index contributed by atoms with van der Waals surface area (Å²) in [6, 6.07) is 4.95. The lowest BCUT2D eigenvalue weighted by atomic mass is 10.1. The van der Waals surface area contributed by atoms with E-state index in [1.807, 2.05) is 13.8 Å². The van der Waals surface area contributed by atoms with Gasteiger partial charge in [0.1, 0.15) is 0 Å². The van der Waals surface area contributed by atoms with Crippen LogP contribution in [0.25, 0.3) is 0 Å². The van der Waals surface area contributed by atoms with Gasteiger partial charge >= 0.3 is 0 Å². The molecule has 2 aliphatic rings. The highest BCUT2D eigenvalue weighted by atomic mass is 35.5. The van der Waals surface area contributed by atoms with Crippen molar-refractivity contribution in [3.63, 3.8) is 0 Å². The average molecular weight is 402 g/mol. The Morgan fingerprint density at radius 2 is 1.85 bits per heavy atom. The molecule has 0 aromatic heterocycles. The molecule has 1 unspecified atom stereocenters. The van der Waals surface area contributed by atoms with Crippen LogP contribution in [0.15, 0.2) is 23.1 Å². The number of hydrogen-bond acceptors (Lipinski definition) is 4. The van der Waals surface area contributed by atoms with Gasteiger partial charge in [0.2, 0.25) is 10.0 Å². The summed E-state index contributed by atoms with van der Waals surface area (Å²) in [5, 5.41) is 3.22. The summed E-state index contributed by atoms with van der Waals surface area (Å²) in [7, 11) is -3.56. The monoisotopic (exact) mass is 401 g/mol. The number of rotatable bonds is 3. The predicted molar refractivity (Wildman–Crippen MR) is 104 cm³/mol. The summed E-state index contributed by atoms with van der Waals surface area (Å²) in [4.78, 5) is 14.8. The number of amides is 1. The molecule has 1 atom stereocenters. The molecule has 0 aliphatic carbocycles. The van der Waals surface area contributed by atoms with E-state index in [1.54, 1.807) is 27.4 Å². The van der Waals surface area contributed by atoms with Crippen LogP contribution in [0.5, 0.6) is 0 Å². The van der Waals surface area contributed by atoms with Crippen LogP contribution in [0.3, 0.4) is 0 Å². The van der Waals surface area contributed by atoms with Gasteiger partial charge in [0, 0.05) is 44.3 Å². The number of hydrogen-bond donors (Lipinski definition) is 1. The highest BCUT2D eigenvalue weighted by molar-refractivity contribution is 7.89. The van der Waals surface area contributed by atoms with Crippen molar-refractivity contribution in [1.29, 1.82) is 0 Å². The zero-order valence-electron chi connectivity index (χ0n) is 15.4. The zero-order valence-corrected chi connectivity index (χ0v) is 17.0. The Labute approximate surface area is 162 Å². The van der Waals surface area contributed by atoms with E-state index < -0.39 is 10.0 Å². The normalized spacial score (nSPS) is 21.9. The molecular weight excluding hydrogens is 374 g/mol. The van der Waals surface area contributed by atoms with Crippen LogP contribution in [0.1, 0.15) is 42.1 Å². The smallest absolute Gasteiger partial charge is 0.254 e. The summed E-state index contributed by atoms with van der Waals surface area (Å²) in [6.07, 6.45) is 2.84. The lowest BCUT2D eigenvalue weighted by Gasteiger charge is -2.32. The molecule has 2 aliphatic heterocycles. The maximum absolute atomic E-state index is 13.1. The quantitative estimate of drug-likeness (QED) is 0.841. The number of aryl methyl sites for hydroxylation is 1. The molecule has 146 valence electrons. The third kappa shape index (κ3) is 4.22. The molecule has 0 bridgehead atoms. The molecule has 2 saturated heterocycles. The van der Waals surface area contributed by atoms with Gasteiger partial charge in [0.15, 0.2) is 0 Å². The van der Waals surface area contributed by atoms with Crippen molar-refractivity contribution in [3.05, 3.63) is 29.3 Å². The molecular formula is C18H28ClN3O3S. The number of benzene rings is 1. The van der Waals surface area contributed by atoms with Gasteiger partial charge < -0.3 is 10.2 Å². The maximum atomic E-state index is 13.1. The number of nitrogens with one attached hydrogen (secondary N) is 1. The molecule has 3 rings (SSSR count). The highest BCUT2D eigenvalue weighted by Gasteiger charge is 2.32. The highest BCUT2D eigenvalue weighted by Crippen LogP contribution is 2.26. The molecule has 2 fully saturated rings. The number of carbonyl (C=O) groups excluding carboxylic acids is 1. The second kappa shape index (κ2) is 8.69. The molecule has 0 spiro atoms. The Hall–Kier alpha value is -1.15. The van der Waals surface area contributed by atoms with Crippen molar-refractivity contribution in [2.45, 2.75) is 44.0 Å². The van der Waals surface area contributed by atoms with Crippen molar-refractivity contribution in [2.24, 2.45) is 0 Å². The van der Waals surface area contributed by atoms with E-state index in [-0.39, 0.29) is 29.3 Å². The summed E-state index contributed by atoms with van der Waals surface area (Å²) >= 11 is 0. The van der Waals surface area contributed by atoms with Crippen LogP contribution in [-0.4, -0.2) is 62.3 Å². The van der Waals surface area contributed by atoms with E-state index in [4.69, 9.17) is 0 Å². The van der Waals surface area contributed by atoms with Crippen molar-refractivity contribution in [2.75, 3.05) is 32.7 Å². The van der Waals surface area contributed by atoms with Gasteiger partial charge in [-0.05, 0) is 44.4 Å². The van der Waals surface area contributed by atoms with E-state index in [2.05, 4.69) is 5.32 Å². The zero-order chi connectivity index (χ0) is 18.0. The Morgan fingerprint density at radius 3 is 2.50 bits per heavy atom. The van der Waals surface area contributed by atoms with Gasteiger partial charge in [0.25, 0.3) is 5.91 Å². The average Bonchev–Trinajstić information content (AvgIpc) is 2.62. The van der Waals surface area contributed by atoms with Crippen molar-refractivity contribution in [3.8, 4) is 0 Å². The van der Waals surface area contributed by atoms with E-state index in [0.717, 1.165) is 37.9 Å². The van der Waals surface area contributed by atoms with Crippen LogP contribution in [-0.2, 0) is 10.0 Å². The third-order valence-electron chi connectivity index (χ3n) is 5.19. The first-order valence-corrected chi connectivity index (χ1v) is 10.5. The molecule has 0 radical (unpaired) electrons. The van der Waals surface area contributed by atoms with Crippen LogP contribution >= 0.6 is 12.4 Å². The fraction of sp³-hybridized carbons (Fsp3) is 0.611. The van der Waals surface area contributed by atoms with Gasteiger partial charge in [-0.2, -0.15) is 4.31 Å². The Bertz CT molecular complexity index is 748. The minimum absolute atomic E-state index is 0. The number of halogens is 1. The molecule has 0 saturated carbocycles. The summed E-state index contributed by atoms with van der Waals surface area (Å²) in [5.41, 5.74) is 1.31. The molecule has 6 nitrogen and oxygen atoms in total. The SMILES string of the molecule is Cc1ccc(S(=O)(=O)N2CCCCC2C)cc1C(=O)N1CCNCC1.Cl.